The van der Waals surface area contributed by atoms with Gasteiger partial charge in [0.25, 0.3) is 0 Å². The van der Waals surface area contributed by atoms with Crippen LogP contribution in [0.2, 0.25) is 5.15 Å². The first-order valence-electron chi connectivity index (χ1n) is 7.95. The molecule has 20 heavy (non-hydrogen) atoms. The van der Waals surface area contributed by atoms with Crippen molar-refractivity contribution in [2.75, 3.05) is 0 Å². The summed E-state index contributed by atoms with van der Waals surface area (Å²) in [6, 6.07) is 1.31. The molecule has 116 valence electrons. The molecule has 1 aromatic rings. The van der Waals surface area contributed by atoms with Gasteiger partial charge in [-0.05, 0) is 19.8 Å². The molecule has 1 unspecified atom stereocenters. The second-order valence-electron chi connectivity index (χ2n) is 5.97. The number of hydrogen-bond acceptors (Lipinski definition) is 1. The first-order chi connectivity index (χ1) is 9.53. The Kier molecular flexibility index (Phi) is 7.57. The molecule has 0 saturated heterocycles. The predicted molar refractivity (Wildman–Crippen MR) is 83.7 cm³/mol. The van der Waals surface area contributed by atoms with Crippen molar-refractivity contribution in [3.63, 3.8) is 0 Å². The molecule has 1 heterocycles. The fourth-order valence-electron chi connectivity index (χ4n) is 2.71. The maximum Gasteiger partial charge on any atom is 0.234 e. The summed E-state index contributed by atoms with van der Waals surface area (Å²) < 4.78 is 15.0. The molecule has 4 heteroatoms. The van der Waals surface area contributed by atoms with Crippen LogP contribution in [0.5, 0.6) is 0 Å². The summed E-state index contributed by atoms with van der Waals surface area (Å²) in [7, 11) is 0. The van der Waals surface area contributed by atoms with Crippen molar-refractivity contribution in [2.24, 2.45) is 0 Å². The number of hydrogen-bond donors (Lipinski definition) is 0. The molecular weight excluding hydrogens is 275 g/mol. The largest absolute Gasteiger partial charge is 0.245 e. The molecule has 1 rings (SSSR count). The SMILES string of the molecule is CCCCCCCC(C)(CCCC)n1nc(F)cc1Cl. The molecule has 0 bridgehead atoms. The maximum absolute atomic E-state index is 13.3. The summed E-state index contributed by atoms with van der Waals surface area (Å²) in [5.41, 5.74) is -0.163. The Morgan fingerprint density at radius 1 is 1.10 bits per heavy atom. The summed E-state index contributed by atoms with van der Waals surface area (Å²) >= 11 is 6.13. The van der Waals surface area contributed by atoms with Gasteiger partial charge in [-0.3, -0.25) is 0 Å². The highest BCUT2D eigenvalue weighted by Gasteiger charge is 2.28. The van der Waals surface area contributed by atoms with Crippen LogP contribution in [-0.2, 0) is 5.54 Å². The lowest BCUT2D eigenvalue weighted by Crippen LogP contribution is -2.31. The van der Waals surface area contributed by atoms with Crippen molar-refractivity contribution in [1.29, 1.82) is 0 Å². The number of unbranched alkanes of at least 4 members (excludes halogenated alkanes) is 5. The number of nitrogens with zero attached hydrogens (tertiary/aromatic N) is 2. The van der Waals surface area contributed by atoms with Crippen LogP contribution in [0.1, 0.15) is 78.6 Å². The summed E-state index contributed by atoms with van der Waals surface area (Å²) in [5.74, 6) is -0.483. The molecule has 1 aromatic heterocycles. The lowest BCUT2D eigenvalue weighted by Gasteiger charge is -2.31. The quantitative estimate of drug-likeness (QED) is 0.489. The van der Waals surface area contributed by atoms with E-state index >= 15 is 0 Å². The standard InChI is InChI=1S/C16H28ClFN2/c1-4-6-8-9-10-12-16(3,11-7-5-2)20-14(17)13-15(18)19-20/h13H,4-12H2,1-3H3. The Balaban J connectivity index is 2.68. The molecule has 0 N–H and O–H groups in total. The minimum absolute atomic E-state index is 0.163. The highest BCUT2D eigenvalue weighted by molar-refractivity contribution is 6.29. The van der Waals surface area contributed by atoms with E-state index in [0.29, 0.717) is 5.15 Å². The van der Waals surface area contributed by atoms with Crippen molar-refractivity contribution < 1.29 is 4.39 Å². The Morgan fingerprint density at radius 2 is 1.70 bits per heavy atom. The number of aromatic nitrogens is 2. The van der Waals surface area contributed by atoms with E-state index in [1.807, 2.05) is 0 Å². The van der Waals surface area contributed by atoms with Gasteiger partial charge in [-0.25, -0.2) is 4.68 Å². The van der Waals surface area contributed by atoms with Crippen molar-refractivity contribution in [3.8, 4) is 0 Å². The average Bonchev–Trinajstić information content (AvgIpc) is 2.76. The van der Waals surface area contributed by atoms with Crippen molar-refractivity contribution in [3.05, 3.63) is 17.2 Å². The Bertz CT molecular complexity index is 392. The topological polar surface area (TPSA) is 17.8 Å². The van der Waals surface area contributed by atoms with Crippen molar-refractivity contribution in [2.45, 2.75) is 84.1 Å². The smallest absolute Gasteiger partial charge is 0.234 e. The molecule has 0 spiro atoms. The van der Waals surface area contributed by atoms with E-state index < -0.39 is 5.95 Å². The van der Waals surface area contributed by atoms with E-state index in [9.17, 15) is 4.39 Å². The summed E-state index contributed by atoms with van der Waals surface area (Å²) in [5, 5.41) is 4.38. The third-order valence-electron chi connectivity index (χ3n) is 4.04. The van der Waals surface area contributed by atoms with E-state index in [-0.39, 0.29) is 5.54 Å². The van der Waals surface area contributed by atoms with E-state index in [4.69, 9.17) is 11.6 Å². The van der Waals surface area contributed by atoms with Gasteiger partial charge in [0.2, 0.25) is 5.95 Å². The lowest BCUT2D eigenvalue weighted by molar-refractivity contribution is 0.224. The zero-order chi connectivity index (χ0) is 15.0. The molecule has 0 aliphatic heterocycles. The summed E-state index contributed by atoms with van der Waals surface area (Å²) in [6.07, 6.45) is 10.5. The van der Waals surface area contributed by atoms with Crippen LogP contribution in [0.25, 0.3) is 0 Å². The summed E-state index contributed by atoms with van der Waals surface area (Å²) in [6.45, 7) is 6.55. The maximum atomic E-state index is 13.3. The minimum Gasteiger partial charge on any atom is -0.245 e. The van der Waals surface area contributed by atoms with Crippen LogP contribution in [0, 0.1) is 5.95 Å². The summed E-state index contributed by atoms with van der Waals surface area (Å²) in [4.78, 5) is 0. The van der Waals surface area contributed by atoms with E-state index in [2.05, 4.69) is 25.9 Å². The van der Waals surface area contributed by atoms with Crippen LogP contribution < -0.4 is 0 Å². The molecular formula is C16H28ClFN2. The third-order valence-corrected chi connectivity index (χ3v) is 4.30. The van der Waals surface area contributed by atoms with Crippen LogP contribution in [-0.4, -0.2) is 9.78 Å². The molecule has 0 fully saturated rings. The fourth-order valence-corrected chi connectivity index (χ4v) is 3.05. The lowest BCUT2D eigenvalue weighted by atomic mass is 9.88. The first-order valence-corrected chi connectivity index (χ1v) is 8.33. The second-order valence-corrected chi connectivity index (χ2v) is 6.35. The van der Waals surface area contributed by atoms with E-state index in [1.54, 1.807) is 4.68 Å². The van der Waals surface area contributed by atoms with Gasteiger partial charge in [-0.15, -0.1) is 5.10 Å². The zero-order valence-electron chi connectivity index (χ0n) is 13.1. The third kappa shape index (κ3) is 5.08. The molecule has 0 aliphatic rings. The average molecular weight is 303 g/mol. The van der Waals surface area contributed by atoms with Gasteiger partial charge in [0.1, 0.15) is 5.15 Å². The monoisotopic (exact) mass is 302 g/mol. The molecule has 0 aromatic carbocycles. The molecule has 0 aliphatic carbocycles. The molecule has 1 atom stereocenters. The Morgan fingerprint density at radius 3 is 2.25 bits per heavy atom. The molecule has 2 nitrogen and oxygen atoms in total. The molecule has 0 saturated carbocycles. The van der Waals surface area contributed by atoms with Gasteiger partial charge in [0.05, 0.1) is 5.54 Å². The Hall–Kier alpha value is -0.570. The van der Waals surface area contributed by atoms with Gasteiger partial charge < -0.3 is 0 Å². The van der Waals surface area contributed by atoms with Gasteiger partial charge in [-0.1, -0.05) is 70.4 Å². The minimum atomic E-state index is -0.483. The molecule has 0 amide bonds. The zero-order valence-corrected chi connectivity index (χ0v) is 13.8. The highest BCUT2D eigenvalue weighted by atomic mass is 35.5. The second kappa shape index (κ2) is 8.66. The van der Waals surface area contributed by atoms with Crippen molar-refractivity contribution in [1.82, 2.24) is 9.78 Å². The van der Waals surface area contributed by atoms with Crippen molar-refractivity contribution >= 4 is 11.6 Å². The van der Waals surface area contributed by atoms with Gasteiger partial charge in [0.15, 0.2) is 0 Å². The van der Waals surface area contributed by atoms with Gasteiger partial charge in [-0.2, -0.15) is 4.39 Å². The van der Waals surface area contributed by atoms with E-state index in [1.165, 1.54) is 31.7 Å². The van der Waals surface area contributed by atoms with Gasteiger partial charge in [0, 0.05) is 6.07 Å². The van der Waals surface area contributed by atoms with Gasteiger partial charge >= 0.3 is 0 Å². The highest BCUT2D eigenvalue weighted by Crippen LogP contribution is 2.32. The van der Waals surface area contributed by atoms with Crippen LogP contribution in [0.4, 0.5) is 4.39 Å². The van der Waals surface area contributed by atoms with Crippen LogP contribution in [0.15, 0.2) is 6.07 Å². The Labute approximate surface area is 127 Å². The van der Waals surface area contributed by atoms with Crippen LogP contribution >= 0.6 is 11.6 Å². The predicted octanol–water partition coefficient (Wildman–Crippen LogP) is 5.94. The first kappa shape index (κ1) is 17.5. The van der Waals surface area contributed by atoms with Crippen LogP contribution in [0.3, 0.4) is 0 Å². The van der Waals surface area contributed by atoms with E-state index in [0.717, 1.165) is 32.1 Å². The normalized spacial score (nSPS) is 14.4. The fraction of sp³-hybridized carbons (Fsp3) is 0.812. The number of rotatable bonds is 10. The molecule has 0 radical (unpaired) electrons. The number of halogens is 2.